The van der Waals surface area contributed by atoms with Crippen LogP contribution in [0.15, 0.2) is 18.2 Å². The van der Waals surface area contributed by atoms with Crippen LogP contribution in [-0.4, -0.2) is 37.3 Å². The SMILES string of the molecule is COCC1(CNc2cccc(C)n2)CCCN1. The van der Waals surface area contributed by atoms with Crippen LogP contribution in [0.2, 0.25) is 0 Å². The molecule has 0 aliphatic carbocycles. The van der Waals surface area contributed by atoms with Crippen LogP contribution in [0, 0.1) is 6.92 Å². The van der Waals surface area contributed by atoms with E-state index in [0.29, 0.717) is 0 Å². The van der Waals surface area contributed by atoms with E-state index in [-0.39, 0.29) is 5.54 Å². The van der Waals surface area contributed by atoms with Gasteiger partial charge < -0.3 is 15.4 Å². The van der Waals surface area contributed by atoms with Gasteiger partial charge in [0.05, 0.1) is 12.1 Å². The fraction of sp³-hybridized carbons (Fsp3) is 0.615. The van der Waals surface area contributed by atoms with E-state index in [9.17, 15) is 0 Å². The van der Waals surface area contributed by atoms with Gasteiger partial charge in [0.1, 0.15) is 5.82 Å². The largest absolute Gasteiger partial charge is 0.383 e. The van der Waals surface area contributed by atoms with Crippen molar-refractivity contribution in [1.29, 1.82) is 0 Å². The first-order chi connectivity index (χ1) is 8.24. The molecular weight excluding hydrogens is 214 g/mol. The summed E-state index contributed by atoms with van der Waals surface area (Å²) in [5.74, 6) is 0.939. The van der Waals surface area contributed by atoms with Crippen LogP contribution >= 0.6 is 0 Å². The van der Waals surface area contributed by atoms with E-state index in [2.05, 4.69) is 15.6 Å². The molecule has 0 saturated carbocycles. The summed E-state index contributed by atoms with van der Waals surface area (Å²) in [7, 11) is 1.76. The van der Waals surface area contributed by atoms with Crippen molar-refractivity contribution < 1.29 is 4.74 Å². The molecule has 1 saturated heterocycles. The van der Waals surface area contributed by atoms with Gasteiger partial charge in [0.15, 0.2) is 0 Å². The van der Waals surface area contributed by atoms with Gasteiger partial charge in [-0.2, -0.15) is 0 Å². The van der Waals surface area contributed by atoms with Crippen molar-refractivity contribution >= 4 is 5.82 Å². The first-order valence-corrected chi connectivity index (χ1v) is 6.16. The number of methoxy groups -OCH3 is 1. The van der Waals surface area contributed by atoms with Crippen molar-refractivity contribution in [3.63, 3.8) is 0 Å². The van der Waals surface area contributed by atoms with Crippen molar-refractivity contribution in [2.45, 2.75) is 25.3 Å². The molecule has 2 N–H and O–H groups in total. The van der Waals surface area contributed by atoms with Crippen LogP contribution in [-0.2, 0) is 4.74 Å². The van der Waals surface area contributed by atoms with Gasteiger partial charge in [0, 0.05) is 19.3 Å². The van der Waals surface area contributed by atoms with Crippen molar-refractivity contribution in [1.82, 2.24) is 10.3 Å². The summed E-state index contributed by atoms with van der Waals surface area (Å²) in [4.78, 5) is 4.45. The van der Waals surface area contributed by atoms with Gasteiger partial charge in [-0.15, -0.1) is 0 Å². The second kappa shape index (κ2) is 5.47. The van der Waals surface area contributed by atoms with Gasteiger partial charge in [-0.05, 0) is 38.4 Å². The first-order valence-electron chi connectivity index (χ1n) is 6.16. The number of ether oxygens (including phenoxy) is 1. The predicted octanol–water partition coefficient (Wildman–Crippen LogP) is 1.57. The number of nitrogens with one attached hydrogen (secondary N) is 2. The van der Waals surface area contributed by atoms with E-state index in [0.717, 1.165) is 37.6 Å². The Labute approximate surface area is 103 Å². The van der Waals surface area contributed by atoms with Gasteiger partial charge in [-0.3, -0.25) is 0 Å². The Balaban J connectivity index is 1.95. The molecule has 1 unspecified atom stereocenters. The molecule has 0 bridgehead atoms. The number of aryl methyl sites for hydroxylation is 1. The van der Waals surface area contributed by atoms with Crippen molar-refractivity contribution in [2.24, 2.45) is 0 Å². The minimum atomic E-state index is 0.0696. The number of nitrogens with zero attached hydrogens (tertiary/aromatic N) is 1. The third-order valence-corrected chi connectivity index (χ3v) is 3.25. The third-order valence-electron chi connectivity index (χ3n) is 3.25. The Hall–Kier alpha value is -1.13. The van der Waals surface area contributed by atoms with E-state index < -0.39 is 0 Å². The van der Waals surface area contributed by atoms with Crippen molar-refractivity contribution in [3.05, 3.63) is 23.9 Å². The second-order valence-electron chi connectivity index (χ2n) is 4.76. The predicted molar refractivity (Wildman–Crippen MR) is 69.3 cm³/mol. The highest BCUT2D eigenvalue weighted by molar-refractivity contribution is 5.35. The molecule has 4 nitrogen and oxygen atoms in total. The summed E-state index contributed by atoms with van der Waals surface area (Å²) >= 11 is 0. The van der Waals surface area contributed by atoms with Crippen LogP contribution in [0.3, 0.4) is 0 Å². The Morgan fingerprint density at radius 3 is 3.06 bits per heavy atom. The highest BCUT2D eigenvalue weighted by Crippen LogP contribution is 2.20. The number of aromatic nitrogens is 1. The second-order valence-corrected chi connectivity index (χ2v) is 4.76. The smallest absolute Gasteiger partial charge is 0.126 e. The highest BCUT2D eigenvalue weighted by atomic mass is 16.5. The molecule has 0 aromatic carbocycles. The summed E-state index contributed by atoms with van der Waals surface area (Å²) in [6.07, 6.45) is 2.37. The first kappa shape index (κ1) is 12.3. The number of rotatable bonds is 5. The van der Waals surface area contributed by atoms with Gasteiger partial charge in [0.2, 0.25) is 0 Å². The number of pyridine rings is 1. The average Bonchev–Trinajstić information content (AvgIpc) is 2.76. The summed E-state index contributed by atoms with van der Waals surface area (Å²) in [5.41, 5.74) is 1.11. The van der Waals surface area contributed by atoms with Crippen molar-refractivity contribution in [3.8, 4) is 0 Å². The van der Waals surface area contributed by atoms with E-state index in [1.807, 2.05) is 25.1 Å². The molecule has 2 rings (SSSR count). The molecule has 1 aromatic rings. The molecule has 0 amide bonds. The van der Waals surface area contributed by atoms with Crippen LogP contribution in [0.5, 0.6) is 0 Å². The van der Waals surface area contributed by atoms with Crippen molar-refractivity contribution in [2.75, 3.05) is 32.1 Å². The lowest BCUT2D eigenvalue weighted by Crippen LogP contribution is -2.49. The normalized spacial score (nSPS) is 23.9. The lowest BCUT2D eigenvalue weighted by molar-refractivity contribution is 0.127. The topological polar surface area (TPSA) is 46.2 Å². The molecule has 0 radical (unpaired) electrons. The highest BCUT2D eigenvalue weighted by Gasteiger charge is 2.33. The van der Waals surface area contributed by atoms with E-state index >= 15 is 0 Å². The van der Waals surface area contributed by atoms with Crippen LogP contribution < -0.4 is 10.6 Å². The summed E-state index contributed by atoms with van der Waals surface area (Å²) in [6, 6.07) is 6.03. The number of hydrogen-bond donors (Lipinski definition) is 2. The maximum Gasteiger partial charge on any atom is 0.126 e. The number of anilines is 1. The molecule has 1 aliphatic heterocycles. The molecule has 1 atom stereocenters. The fourth-order valence-corrected chi connectivity index (χ4v) is 2.37. The average molecular weight is 235 g/mol. The zero-order chi connectivity index (χ0) is 12.1. The van der Waals surface area contributed by atoms with Gasteiger partial charge in [0.25, 0.3) is 0 Å². The molecule has 94 valence electrons. The van der Waals surface area contributed by atoms with Crippen LogP contribution in [0.1, 0.15) is 18.5 Å². The molecule has 4 heteroatoms. The Bertz CT molecular complexity index is 361. The van der Waals surface area contributed by atoms with Gasteiger partial charge >= 0.3 is 0 Å². The van der Waals surface area contributed by atoms with E-state index in [1.165, 1.54) is 6.42 Å². The molecule has 0 spiro atoms. The molecular formula is C13H21N3O. The third kappa shape index (κ3) is 3.17. The molecule has 17 heavy (non-hydrogen) atoms. The molecule has 1 aromatic heterocycles. The molecule has 1 aliphatic rings. The van der Waals surface area contributed by atoms with E-state index in [1.54, 1.807) is 7.11 Å². The van der Waals surface area contributed by atoms with Gasteiger partial charge in [-0.25, -0.2) is 4.98 Å². The van der Waals surface area contributed by atoms with E-state index in [4.69, 9.17) is 4.74 Å². The van der Waals surface area contributed by atoms with Crippen LogP contribution in [0.25, 0.3) is 0 Å². The lowest BCUT2D eigenvalue weighted by atomic mass is 9.99. The summed E-state index contributed by atoms with van der Waals surface area (Å²) in [6.45, 7) is 4.68. The minimum absolute atomic E-state index is 0.0696. The fourth-order valence-electron chi connectivity index (χ4n) is 2.37. The maximum atomic E-state index is 5.32. The minimum Gasteiger partial charge on any atom is -0.383 e. The Morgan fingerprint density at radius 2 is 2.41 bits per heavy atom. The van der Waals surface area contributed by atoms with Gasteiger partial charge in [-0.1, -0.05) is 6.07 Å². The summed E-state index contributed by atoms with van der Waals surface area (Å²) in [5, 5.41) is 6.94. The number of hydrogen-bond acceptors (Lipinski definition) is 4. The Kier molecular flexibility index (Phi) is 3.97. The monoisotopic (exact) mass is 235 g/mol. The summed E-state index contributed by atoms with van der Waals surface area (Å²) < 4.78 is 5.32. The maximum absolute atomic E-state index is 5.32. The molecule has 2 heterocycles. The zero-order valence-corrected chi connectivity index (χ0v) is 10.6. The standard InChI is InChI=1S/C13H21N3O/c1-11-5-3-6-12(16-11)14-9-13(10-17-2)7-4-8-15-13/h3,5-6,15H,4,7-10H2,1-2H3,(H,14,16). The molecule has 1 fully saturated rings. The lowest BCUT2D eigenvalue weighted by Gasteiger charge is -2.29. The zero-order valence-electron chi connectivity index (χ0n) is 10.6. The quantitative estimate of drug-likeness (QED) is 0.813. The van der Waals surface area contributed by atoms with Crippen LogP contribution in [0.4, 0.5) is 5.82 Å². The Morgan fingerprint density at radius 1 is 1.53 bits per heavy atom.